The number of rotatable bonds is 8. The molecule has 3 heteroatoms. The van der Waals surface area contributed by atoms with Gasteiger partial charge in [-0.25, -0.2) is 0 Å². The minimum Gasteiger partial charge on any atom is -0.394 e. The number of nitrogens with one attached hydrogen (secondary N) is 1. The number of aliphatic hydroxyl groups is 1. The number of thioether (sulfide) groups is 1. The minimum absolute atomic E-state index is 0.133. The van der Waals surface area contributed by atoms with Gasteiger partial charge in [0.05, 0.1) is 12.1 Å². The monoisotopic (exact) mass is 281 g/mol. The maximum absolute atomic E-state index is 9.97. The van der Waals surface area contributed by atoms with Crippen LogP contribution in [0, 0.1) is 0 Å². The Morgan fingerprint density at radius 2 is 1.79 bits per heavy atom. The van der Waals surface area contributed by atoms with Crippen molar-refractivity contribution in [3.05, 3.63) is 35.9 Å². The lowest BCUT2D eigenvalue weighted by molar-refractivity contribution is 0.147. The van der Waals surface area contributed by atoms with Gasteiger partial charge in [0.25, 0.3) is 0 Å². The van der Waals surface area contributed by atoms with Gasteiger partial charge in [0.2, 0.25) is 0 Å². The lowest BCUT2D eigenvalue weighted by Crippen LogP contribution is -2.49. The summed E-state index contributed by atoms with van der Waals surface area (Å²) in [5.74, 6) is 1.05. The number of hydrogen-bond acceptors (Lipinski definition) is 3. The van der Waals surface area contributed by atoms with Crippen molar-refractivity contribution in [2.45, 2.75) is 50.9 Å². The maximum atomic E-state index is 9.97. The van der Waals surface area contributed by atoms with E-state index in [1.165, 1.54) is 5.56 Å². The van der Waals surface area contributed by atoms with E-state index in [-0.39, 0.29) is 12.1 Å². The van der Waals surface area contributed by atoms with E-state index in [2.05, 4.69) is 45.1 Å². The van der Waals surface area contributed by atoms with E-state index in [1.54, 1.807) is 0 Å². The van der Waals surface area contributed by atoms with Crippen LogP contribution in [0.3, 0.4) is 0 Å². The summed E-state index contributed by atoms with van der Waals surface area (Å²) < 4.78 is 0. The van der Waals surface area contributed by atoms with Crippen LogP contribution in [-0.2, 0) is 5.54 Å². The van der Waals surface area contributed by atoms with Crippen LogP contribution < -0.4 is 5.32 Å². The molecule has 0 saturated carbocycles. The molecule has 0 fully saturated rings. The smallest absolute Gasteiger partial charge is 0.0678 e. The van der Waals surface area contributed by atoms with Gasteiger partial charge < -0.3 is 10.4 Å². The second kappa shape index (κ2) is 7.93. The summed E-state index contributed by atoms with van der Waals surface area (Å²) in [4.78, 5) is 0. The highest BCUT2D eigenvalue weighted by atomic mass is 32.2. The molecule has 0 saturated heterocycles. The van der Waals surface area contributed by atoms with Crippen LogP contribution in [0.15, 0.2) is 30.3 Å². The van der Waals surface area contributed by atoms with Crippen LogP contribution in [0.2, 0.25) is 0 Å². The van der Waals surface area contributed by atoms with Crippen LogP contribution in [0.1, 0.15) is 39.7 Å². The highest BCUT2D eigenvalue weighted by Crippen LogP contribution is 2.28. The summed E-state index contributed by atoms with van der Waals surface area (Å²) in [5, 5.41) is 14.2. The molecule has 1 unspecified atom stereocenters. The molecule has 1 rings (SSSR count). The molecule has 0 heterocycles. The molecule has 0 bridgehead atoms. The van der Waals surface area contributed by atoms with Crippen molar-refractivity contribution >= 4 is 11.8 Å². The number of hydrogen-bond donors (Lipinski definition) is 2. The van der Waals surface area contributed by atoms with Crippen LogP contribution in [0.4, 0.5) is 0 Å². The molecule has 0 aliphatic carbocycles. The van der Waals surface area contributed by atoms with Gasteiger partial charge in [-0.1, -0.05) is 44.2 Å². The third-order valence-corrected chi connectivity index (χ3v) is 4.25. The normalized spacial score (nSPS) is 14.9. The van der Waals surface area contributed by atoms with Crippen LogP contribution in [-0.4, -0.2) is 28.8 Å². The Labute approximate surface area is 122 Å². The minimum atomic E-state index is -0.322. The third-order valence-electron chi connectivity index (χ3n) is 3.14. The first-order valence-electron chi connectivity index (χ1n) is 7.06. The second-order valence-electron chi connectivity index (χ2n) is 5.57. The number of aliphatic hydroxyl groups excluding tert-OH is 1. The first-order valence-corrected chi connectivity index (χ1v) is 8.11. The van der Waals surface area contributed by atoms with Gasteiger partial charge in [0.1, 0.15) is 0 Å². The zero-order valence-electron chi connectivity index (χ0n) is 12.5. The highest BCUT2D eigenvalue weighted by Gasteiger charge is 2.31. The van der Waals surface area contributed by atoms with Gasteiger partial charge in [-0.2, -0.15) is 11.8 Å². The first kappa shape index (κ1) is 16.5. The molecule has 2 nitrogen and oxygen atoms in total. The Morgan fingerprint density at radius 3 is 2.26 bits per heavy atom. The quantitative estimate of drug-likeness (QED) is 0.766. The Hall–Kier alpha value is -0.510. The topological polar surface area (TPSA) is 32.3 Å². The SMILES string of the molecule is CC(C)NC(CO)(CCSC(C)C)c1ccccc1. The fourth-order valence-electron chi connectivity index (χ4n) is 2.29. The summed E-state index contributed by atoms with van der Waals surface area (Å²) >= 11 is 1.94. The van der Waals surface area contributed by atoms with E-state index in [0.29, 0.717) is 11.3 Å². The third kappa shape index (κ3) is 5.17. The second-order valence-corrected chi connectivity index (χ2v) is 7.26. The summed E-state index contributed by atoms with van der Waals surface area (Å²) in [6, 6.07) is 10.6. The standard InChI is InChI=1S/C16H27NOS/c1-13(2)17-16(12-18,10-11-19-14(3)4)15-8-6-5-7-9-15/h5-9,13-14,17-18H,10-12H2,1-4H3. The van der Waals surface area contributed by atoms with Gasteiger partial charge in [0.15, 0.2) is 0 Å². The summed E-state index contributed by atoms with van der Waals surface area (Å²) in [6.45, 7) is 8.81. The van der Waals surface area contributed by atoms with Gasteiger partial charge in [0, 0.05) is 6.04 Å². The van der Waals surface area contributed by atoms with Crippen LogP contribution in [0.5, 0.6) is 0 Å². The predicted molar refractivity (Wildman–Crippen MR) is 85.7 cm³/mol. The van der Waals surface area contributed by atoms with E-state index in [1.807, 2.05) is 30.0 Å². The molecule has 0 amide bonds. The zero-order chi connectivity index (χ0) is 14.3. The maximum Gasteiger partial charge on any atom is 0.0678 e. The molecule has 0 spiro atoms. The van der Waals surface area contributed by atoms with Crippen molar-refractivity contribution < 1.29 is 5.11 Å². The molecule has 19 heavy (non-hydrogen) atoms. The molecule has 1 atom stereocenters. The summed E-state index contributed by atoms with van der Waals surface area (Å²) in [5.41, 5.74) is 0.854. The Bertz CT molecular complexity index is 353. The largest absolute Gasteiger partial charge is 0.394 e. The Morgan fingerprint density at radius 1 is 1.16 bits per heavy atom. The van der Waals surface area contributed by atoms with Gasteiger partial charge in [-0.05, 0) is 36.8 Å². The number of benzene rings is 1. The predicted octanol–water partition coefficient (Wildman–Crippen LogP) is 3.40. The fourth-order valence-corrected chi connectivity index (χ4v) is 3.23. The molecule has 0 radical (unpaired) electrons. The van der Waals surface area contributed by atoms with E-state index in [9.17, 15) is 5.11 Å². The lowest BCUT2D eigenvalue weighted by atomic mass is 9.87. The molecule has 0 aliphatic heterocycles. The Balaban J connectivity index is 2.88. The highest BCUT2D eigenvalue weighted by molar-refractivity contribution is 7.99. The van der Waals surface area contributed by atoms with Crippen molar-refractivity contribution in [3.8, 4) is 0 Å². The fraction of sp³-hybridized carbons (Fsp3) is 0.625. The van der Waals surface area contributed by atoms with Crippen molar-refractivity contribution in [1.29, 1.82) is 0 Å². The Kier molecular flexibility index (Phi) is 6.90. The van der Waals surface area contributed by atoms with E-state index >= 15 is 0 Å². The van der Waals surface area contributed by atoms with E-state index < -0.39 is 0 Å². The average Bonchev–Trinajstić information content (AvgIpc) is 2.37. The van der Waals surface area contributed by atoms with Crippen LogP contribution >= 0.6 is 11.8 Å². The average molecular weight is 281 g/mol. The van der Waals surface area contributed by atoms with Gasteiger partial charge in [-0.15, -0.1) is 0 Å². The van der Waals surface area contributed by atoms with Crippen molar-refractivity contribution in [3.63, 3.8) is 0 Å². The van der Waals surface area contributed by atoms with E-state index in [4.69, 9.17) is 0 Å². The summed E-state index contributed by atoms with van der Waals surface area (Å²) in [6.07, 6.45) is 0.939. The lowest BCUT2D eigenvalue weighted by Gasteiger charge is -2.36. The summed E-state index contributed by atoms with van der Waals surface area (Å²) in [7, 11) is 0. The van der Waals surface area contributed by atoms with Crippen molar-refractivity contribution in [1.82, 2.24) is 5.32 Å². The molecule has 1 aromatic carbocycles. The van der Waals surface area contributed by atoms with Gasteiger partial charge in [-0.3, -0.25) is 0 Å². The van der Waals surface area contributed by atoms with Gasteiger partial charge >= 0.3 is 0 Å². The molecular formula is C16H27NOS. The van der Waals surface area contributed by atoms with E-state index in [0.717, 1.165) is 12.2 Å². The molecule has 108 valence electrons. The zero-order valence-corrected chi connectivity index (χ0v) is 13.3. The molecule has 1 aromatic rings. The molecular weight excluding hydrogens is 254 g/mol. The molecule has 2 N–H and O–H groups in total. The van der Waals surface area contributed by atoms with Crippen molar-refractivity contribution in [2.75, 3.05) is 12.4 Å². The van der Waals surface area contributed by atoms with Crippen molar-refractivity contribution in [2.24, 2.45) is 0 Å². The van der Waals surface area contributed by atoms with Crippen LogP contribution in [0.25, 0.3) is 0 Å². The molecule has 0 aromatic heterocycles. The molecule has 0 aliphatic rings. The first-order chi connectivity index (χ1) is 9.00.